The van der Waals surface area contributed by atoms with E-state index in [0.717, 1.165) is 23.9 Å². The van der Waals surface area contributed by atoms with Gasteiger partial charge in [0.25, 0.3) is 0 Å². The van der Waals surface area contributed by atoms with E-state index in [1.807, 2.05) is 42.5 Å². The highest BCUT2D eigenvalue weighted by Crippen LogP contribution is 2.45. The lowest BCUT2D eigenvalue weighted by Gasteiger charge is -2.47. The van der Waals surface area contributed by atoms with Gasteiger partial charge in [0.1, 0.15) is 5.75 Å². The van der Waals surface area contributed by atoms with Crippen LogP contribution in [-0.4, -0.2) is 31.1 Å². The van der Waals surface area contributed by atoms with Crippen molar-refractivity contribution in [2.24, 2.45) is 5.92 Å². The number of piperidine rings is 1. The molecule has 1 unspecified atom stereocenters. The normalized spacial score (nSPS) is 22.6. The van der Waals surface area contributed by atoms with Gasteiger partial charge in [-0.3, -0.25) is 0 Å². The van der Waals surface area contributed by atoms with Gasteiger partial charge >= 0.3 is 0 Å². The molecule has 2 nitrogen and oxygen atoms in total. The highest BCUT2D eigenvalue weighted by atomic mass is 35.5. The number of para-hydroxylation sites is 1. The summed E-state index contributed by atoms with van der Waals surface area (Å²) >= 11 is 6.09. The van der Waals surface area contributed by atoms with Crippen LogP contribution in [0.1, 0.15) is 37.7 Å². The lowest BCUT2D eigenvalue weighted by molar-refractivity contribution is 0.0816. The fourth-order valence-electron chi connectivity index (χ4n) is 4.53. The molecule has 1 atom stereocenters. The molecule has 1 saturated heterocycles. The van der Waals surface area contributed by atoms with Gasteiger partial charge in [-0.25, -0.2) is 0 Å². The van der Waals surface area contributed by atoms with E-state index < -0.39 is 0 Å². The smallest absolute Gasteiger partial charge is 0.119 e. The van der Waals surface area contributed by atoms with E-state index in [1.54, 1.807) is 0 Å². The number of rotatable bonds is 6. The molecule has 2 aromatic carbocycles. The molecule has 138 valence electrons. The van der Waals surface area contributed by atoms with Crippen molar-refractivity contribution in [3.8, 4) is 5.75 Å². The summed E-state index contributed by atoms with van der Waals surface area (Å²) in [6, 6.07) is 18.8. The van der Waals surface area contributed by atoms with Gasteiger partial charge in [0, 0.05) is 29.4 Å². The van der Waals surface area contributed by atoms with Crippen LogP contribution in [0.25, 0.3) is 0 Å². The van der Waals surface area contributed by atoms with Gasteiger partial charge in [-0.1, -0.05) is 48.4 Å². The molecule has 2 aromatic rings. The van der Waals surface area contributed by atoms with Crippen LogP contribution in [0.4, 0.5) is 0 Å². The van der Waals surface area contributed by atoms with E-state index in [4.69, 9.17) is 16.3 Å². The number of nitrogens with zero attached hydrogens (tertiary/aromatic N) is 1. The summed E-state index contributed by atoms with van der Waals surface area (Å²) in [6.07, 6.45) is 6.50. The molecule has 2 aliphatic rings. The largest absolute Gasteiger partial charge is 0.493 e. The molecular weight excluding hydrogens is 342 g/mol. The number of halogens is 1. The van der Waals surface area contributed by atoms with Crippen molar-refractivity contribution in [2.45, 2.75) is 37.5 Å². The Morgan fingerprint density at radius 3 is 2.46 bits per heavy atom. The fourth-order valence-corrected chi connectivity index (χ4v) is 4.66. The van der Waals surface area contributed by atoms with Gasteiger partial charge in [0.2, 0.25) is 0 Å². The van der Waals surface area contributed by atoms with Gasteiger partial charge in [-0.15, -0.1) is 0 Å². The topological polar surface area (TPSA) is 12.5 Å². The van der Waals surface area contributed by atoms with Crippen molar-refractivity contribution in [1.29, 1.82) is 0 Å². The maximum absolute atomic E-state index is 6.09. The molecule has 26 heavy (non-hydrogen) atoms. The summed E-state index contributed by atoms with van der Waals surface area (Å²) in [4.78, 5) is 2.68. The Morgan fingerprint density at radius 2 is 1.77 bits per heavy atom. The minimum Gasteiger partial charge on any atom is -0.493 e. The van der Waals surface area contributed by atoms with Crippen LogP contribution in [0.2, 0.25) is 5.02 Å². The van der Waals surface area contributed by atoms with E-state index >= 15 is 0 Å². The molecule has 4 rings (SSSR count). The molecule has 0 spiro atoms. The van der Waals surface area contributed by atoms with E-state index in [2.05, 4.69) is 17.0 Å². The Hall–Kier alpha value is -1.51. The minimum atomic E-state index is 0.340. The Morgan fingerprint density at radius 1 is 1.00 bits per heavy atom. The van der Waals surface area contributed by atoms with Crippen LogP contribution in [0.15, 0.2) is 54.6 Å². The Labute approximate surface area is 162 Å². The zero-order valence-corrected chi connectivity index (χ0v) is 16.1. The molecule has 0 N–H and O–H groups in total. The predicted octanol–water partition coefficient (Wildman–Crippen LogP) is 5.55. The van der Waals surface area contributed by atoms with Gasteiger partial charge in [-0.05, 0) is 62.1 Å². The fraction of sp³-hybridized carbons (Fsp3) is 0.478. The lowest BCUT2D eigenvalue weighted by Crippen LogP contribution is -2.49. The molecule has 0 bridgehead atoms. The van der Waals surface area contributed by atoms with Gasteiger partial charge in [0.15, 0.2) is 0 Å². The predicted molar refractivity (Wildman–Crippen MR) is 108 cm³/mol. The summed E-state index contributed by atoms with van der Waals surface area (Å²) in [5.74, 6) is 1.62. The van der Waals surface area contributed by atoms with Crippen molar-refractivity contribution in [1.82, 2.24) is 4.90 Å². The second-order valence-electron chi connectivity index (χ2n) is 8.01. The molecule has 1 aliphatic carbocycles. The summed E-state index contributed by atoms with van der Waals surface area (Å²) in [7, 11) is 0. The summed E-state index contributed by atoms with van der Waals surface area (Å²) < 4.78 is 6.02. The molecule has 1 aliphatic heterocycles. The highest BCUT2D eigenvalue weighted by Gasteiger charge is 2.40. The van der Waals surface area contributed by atoms with E-state index in [-0.39, 0.29) is 0 Å². The molecule has 1 heterocycles. The van der Waals surface area contributed by atoms with Gasteiger partial charge < -0.3 is 9.64 Å². The lowest BCUT2D eigenvalue weighted by atomic mass is 9.64. The van der Waals surface area contributed by atoms with Crippen molar-refractivity contribution in [2.75, 3.05) is 26.2 Å². The van der Waals surface area contributed by atoms with Crippen LogP contribution >= 0.6 is 11.6 Å². The van der Waals surface area contributed by atoms with Crippen LogP contribution in [0.3, 0.4) is 0 Å². The number of ether oxygens (including phenoxy) is 1. The third kappa shape index (κ3) is 4.07. The van der Waals surface area contributed by atoms with Crippen LogP contribution in [-0.2, 0) is 5.41 Å². The van der Waals surface area contributed by atoms with Crippen molar-refractivity contribution >= 4 is 11.6 Å². The SMILES string of the molecule is Clc1ccc(C2(CN3CCCC(COc4ccccc4)C3)CCC2)cc1. The number of likely N-dealkylation sites (tertiary alicyclic amines) is 1. The van der Waals surface area contributed by atoms with E-state index in [0.29, 0.717) is 11.3 Å². The van der Waals surface area contributed by atoms with Crippen LogP contribution < -0.4 is 4.74 Å². The molecule has 0 radical (unpaired) electrons. The molecule has 3 heteroatoms. The van der Waals surface area contributed by atoms with Gasteiger partial charge in [0.05, 0.1) is 6.61 Å². The minimum absolute atomic E-state index is 0.340. The maximum atomic E-state index is 6.09. The van der Waals surface area contributed by atoms with Crippen LogP contribution in [0, 0.1) is 5.92 Å². The zero-order chi connectivity index (χ0) is 17.8. The average Bonchev–Trinajstić information content (AvgIpc) is 2.65. The number of hydrogen-bond acceptors (Lipinski definition) is 2. The number of hydrogen-bond donors (Lipinski definition) is 0. The second-order valence-corrected chi connectivity index (χ2v) is 8.44. The Bertz CT molecular complexity index is 696. The van der Waals surface area contributed by atoms with E-state index in [9.17, 15) is 0 Å². The third-order valence-electron chi connectivity index (χ3n) is 6.13. The summed E-state index contributed by atoms with van der Waals surface area (Å²) in [5, 5.41) is 0.833. The summed E-state index contributed by atoms with van der Waals surface area (Å²) in [6.45, 7) is 4.38. The molecule has 0 aromatic heterocycles. The second kappa shape index (κ2) is 8.02. The van der Waals surface area contributed by atoms with Crippen LogP contribution in [0.5, 0.6) is 5.75 Å². The van der Waals surface area contributed by atoms with E-state index in [1.165, 1.54) is 50.8 Å². The average molecular weight is 370 g/mol. The third-order valence-corrected chi connectivity index (χ3v) is 6.38. The quantitative estimate of drug-likeness (QED) is 0.661. The first-order valence-electron chi connectivity index (χ1n) is 9.90. The Kier molecular flexibility index (Phi) is 5.52. The van der Waals surface area contributed by atoms with Gasteiger partial charge in [-0.2, -0.15) is 0 Å². The first kappa shape index (κ1) is 17.9. The molecule has 1 saturated carbocycles. The summed E-state index contributed by atoms with van der Waals surface area (Å²) in [5.41, 5.74) is 1.81. The standard InChI is InChI=1S/C23H28ClNO/c24-21-11-9-20(10-12-21)23(13-5-14-23)18-25-15-4-6-19(16-25)17-26-22-7-2-1-3-8-22/h1-3,7-12,19H,4-6,13-18H2. The zero-order valence-electron chi connectivity index (χ0n) is 15.4. The van der Waals surface area contributed by atoms with Crippen molar-refractivity contribution in [3.63, 3.8) is 0 Å². The molecular formula is C23H28ClNO. The number of benzene rings is 2. The Balaban J connectivity index is 1.36. The molecule has 2 fully saturated rings. The molecule has 0 amide bonds. The monoisotopic (exact) mass is 369 g/mol. The van der Waals surface area contributed by atoms with Crippen molar-refractivity contribution in [3.05, 3.63) is 65.2 Å². The first-order chi connectivity index (χ1) is 12.7. The first-order valence-corrected chi connectivity index (χ1v) is 10.3. The van der Waals surface area contributed by atoms with Crippen molar-refractivity contribution < 1.29 is 4.74 Å². The maximum Gasteiger partial charge on any atom is 0.119 e. The highest BCUT2D eigenvalue weighted by molar-refractivity contribution is 6.30.